The molecule has 1 aromatic carbocycles. The molecule has 21 heavy (non-hydrogen) atoms. The summed E-state index contributed by atoms with van der Waals surface area (Å²) in [5.74, 6) is -0.588. The van der Waals surface area contributed by atoms with E-state index in [4.69, 9.17) is 5.26 Å². The van der Waals surface area contributed by atoms with Gasteiger partial charge in [-0.15, -0.1) is 0 Å². The SMILES string of the molecule is CC(C#N)CN(C)C(=O)C=Cc1ccccc1OC(F)F. The van der Waals surface area contributed by atoms with Gasteiger partial charge in [0.05, 0.1) is 12.0 Å². The molecule has 4 nitrogen and oxygen atoms in total. The number of hydrogen-bond acceptors (Lipinski definition) is 3. The molecule has 0 bridgehead atoms. The Kier molecular flexibility index (Phi) is 6.34. The van der Waals surface area contributed by atoms with E-state index < -0.39 is 6.61 Å². The van der Waals surface area contributed by atoms with Gasteiger partial charge in [-0.25, -0.2) is 0 Å². The molecule has 0 saturated heterocycles. The van der Waals surface area contributed by atoms with E-state index in [1.807, 2.05) is 6.07 Å². The third-order valence-electron chi connectivity index (χ3n) is 2.68. The number of halogens is 2. The standard InChI is InChI=1S/C15H16F2N2O2/c1-11(9-18)10-19(2)14(20)8-7-12-5-3-4-6-13(12)21-15(16)17/h3-8,11,15H,10H2,1-2H3. The largest absolute Gasteiger partial charge is 0.434 e. The molecular formula is C15H16F2N2O2. The maximum absolute atomic E-state index is 12.3. The van der Waals surface area contributed by atoms with Gasteiger partial charge in [-0.1, -0.05) is 18.2 Å². The summed E-state index contributed by atoms with van der Waals surface area (Å²) in [5, 5.41) is 8.70. The lowest BCUT2D eigenvalue weighted by atomic mass is 10.1. The minimum Gasteiger partial charge on any atom is -0.434 e. The van der Waals surface area contributed by atoms with Crippen molar-refractivity contribution in [3.05, 3.63) is 35.9 Å². The number of benzene rings is 1. The fourth-order valence-corrected chi connectivity index (χ4v) is 1.65. The number of nitrogens with zero attached hydrogens (tertiary/aromatic N) is 2. The average molecular weight is 294 g/mol. The molecule has 0 fully saturated rings. The van der Waals surface area contributed by atoms with Gasteiger partial charge in [-0.2, -0.15) is 14.0 Å². The van der Waals surface area contributed by atoms with Gasteiger partial charge >= 0.3 is 6.61 Å². The molecule has 112 valence electrons. The van der Waals surface area contributed by atoms with Crippen molar-refractivity contribution < 1.29 is 18.3 Å². The summed E-state index contributed by atoms with van der Waals surface area (Å²) < 4.78 is 28.9. The van der Waals surface area contributed by atoms with Crippen molar-refractivity contribution in [2.24, 2.45) is 5.92 Å². The zero-order valence-corrected chi connectivity index (χ0v) is 11.8. The highest BCUT2D eigenvalue weighted by Crippen LogP contribution is 2.21. The maximum atomic E-state index is 12.3. The molecule has 6 heteroatoms. The second-order valence-electron chi connectivity index (χ2n) is 4.50. The first-order valence-corrected chi connectivity index (χ1v) is 6.30. The zero-order valence-electron chi connectivity index (χ0n) is 11.8. The smallest absolute Gasteiger partial charge is 0.387 e. The molecule has 0 aliphatic carbocycles. The van der Waals surface area contributed by atoms with Crippen molar-refractivity contribution in [2.75, 3.05) is 13.6 Å². The highest BCUT2D eigenvalue weighted by Gasteiger charge is 2.10. The molecule has 1 unspecified atom stereocenters. The normalized spacial score (nSPS) is 12.2. The highest BCUT2D eigenvalue weighted by molar-refractivity contribution is 5.92. The predicted octanol–water partition coefficient (Wildman–Crippen LogP) is 2.92. The molecule has 0 aromatic heterocycles. The van der Waals surface area contributed by atoms with E-state index in [2.05, 4.69) is 4.74 Å². The van der Waals surface area contributed by atoms with Crippen LogP contribution in [0.2, 0.25) is 0 Å². The number of carbonyl (C=O) groups excluding carboxylic acids is 1. The Morgan fingerprint density at radius 3 is 2.76 bits per heavy atom. The van der Waals surface area contributed by atoms with Crippen molar-refractivity contribution in [3.63, 3.8) is 0 Å². The first-order valence-electron chi connectivity index (χ1n) is 6.30. The van der Waals surface area contributed by atoms with Crippen LogP contribution in [0.1, 0.15) is 12.5 Å². The predicted molar refractivity (Wildman–Crippen MR) is 74.5 cm³/mol. The van der Waals surface area contributed by atoms with Gasteiger partial charge in [0.1, 0.15) is 5.75 Å². The van der Waals surface area contributed by atoms with Gasteiger partial charge in [-0.3, -0.25) is 4.79 Å². The quantitative estimate of drug-likeness (QED) is 0.758. The summed E-state index contributed by atoms with van der Waals surface area (Å²) in [6, 6.07) is 8.23. The molecule has 0 aliphatic rings. The van der Waals surface area contributed by atoms with Crippen LogP contribution in [0.4, 0.5) is 8.78 Å². The summed E-state index contributed by atoms with van der Waals surface area (Å²) in [4.78, 5) is 13.2. The van der Waals surface area contributed by atoms with Crippen molar-refractivity contribution >= 4 is 12.0 Å². The first-order chi connectivity index (χ1) is 9.93. The molecule has 1 atom stereocenters. The van der Waals surface area contributed by atoms with Crippen LogP contribution < -0.4 is 4.74 Å². The van der Waals surface area contributed by atoms with Gasteiger partial charge in [-0.05, 0) is 19.1 Å². The third kappa shape index (κ3) is 5.61. The fraction of sp³-hybridized carbons (Fsp3) is 0.333. The van der Waals surface area contributed by atoms with Gasteiger partial charge in [0.15, 0.2) is 0 Å². The van der Waals surface area contributed by atoms with Crippen LogP contribution >= 0.6 is 0 Å². The van der Waals surface area contributed by atoms with Crippen LogP contribution in [-0.4, -0.2) is 31.0 Å². The highest BCUT2D eigenvalue weighted by atomic mass is 19.3. The number of nitriles is 1. The average Bonchev–Trinajstić information content (AvgIpc) is 2.45. The Bertz CT molecular complexity index is 553. The summed E-state index contributed by atoms with van der Waals surface area (Å²) in [6.45, 7) is -0.914. The van der Waals surface area contributed by atoms with Gasteiger partial charge in [0, 0.05) is 25.2 Å². The molecule has 0 spiro atoms. The number of alkyl halides is 2. The zero-order chi connectivity index (χ0) is 15.8. The van der Waals surface area contributed by atoms with Gasteiger partial charge in [0.2, 0.25) is 5.91 Å². The molecule has 0 saturated carbocycles. The molecular weight excluding hydrogens is 278 g/mol. The van der Waals surface area contributed by atoms with Crippen molar-refractivity contribution in [3.8, 4) is 11.8 Å². The summed E-state index contributed by atoms with van der Waals surface area (Å²) in [7, 11) is 1.57. The number of likely N-dealkylation sites (N-methyl/N-ethyl adjacent to an activating group) is 1. The lowest BCUT2D eigenvalue weighted by molar-refractivity contribution is -0.125. The monoisotopic (exact) mass is 294 g/mol. The molecule has 0 radical (unpaired) electrons. The minimum absolute atomic E-state index is 0.00426. The number of amides is 1. The van der Waals surface area contributed by atoms with E-state index in [1.165, 1.54) is 23.1 Å². The van der Waals surface area contributed by atoms with Crippen LogP contribution in [0.3, 0.4) is 0 Å². The van der Waals surface area contributed by atoms with Crippen LogP contribution in [0, 0.1) is 17.2 Å². The lowest BCUT2D eigenvalue weighted by Gasteiger charge is -2.16. The van der Waals surface area contributed by atoms with Crippen LogP contribution in [0.5, 0.6) is 5.75 Å². The molecule has 1 rings (SSSR count). The molecule has 1 aromatic rings. The van der Waals surface area contributed by atoms with Crippen LogP contribution in [-0.2, 0) is 4.79 Å². The van der Waals surface area contributed by atoms with E-state index in [9.17, 15) is 13.6 Å². The topological polar surface area (TPSA) is 53.3 Å². The Balaban J connectivity index is 2.76. The van der Waals surface area contributed by atoms with Crippen molar-refractivity contribution in [2.45, 2.75) is 13.5 Å². The van der Waals surface area contributed by atoms with E-state index in [1.54, 1.807) is 32.2 Å². The Labute approximate surface area is 122 Å². The van der Waals surface area contributed by atoms with Gasteiger partial charge in [0.25, 0.3) is 0 Å². The molecule has 0 aliphatic heterocycles. The van der Waals surface area contributed by atoms with Crippen LogP contribution in [0.25, 0.3) is 6.08 Å². The van der Waals surface area contributed by atoms with E-state index in [0.717, 1.165) is 0 Å². The van der Waals surface area contributed by atoms with E-state index in [-0.39, 0.29) is 17.6 Å². The molecule has 0 N–H and O–H groups in total. The summed E-state index contributed by atoms with van der Waals surface area (Å²) in [6.07, 6.45) is 2.67. The second-order valence-corrected chi connectivity index (χ2v) is 4.50. The number of hydrogen-bond donors (Lipinski definition) is 0. The Morgan fingerprint density at radius 1 is 1.48 bits per heavy atom. The molecule has 1 amide bonds. The number of para-hydroxylation sites is 1. The lowest BCUT2D eigenvalue weighted by Crippen LogP contribution is -2.29. The van der Waals surface area contributed by atoms with E-state index in [0.29, 0.717) is 12.1 Å². The Morgan fingerprint density at radius 2 is 2.14 bits per heavy atom. The third-order valence-corrected chi connectivity index (χ3v) is 2.68. The van der Waals surface area contributed by atoms with E-state index >= 15 is 0 Å². The van der Waals surface area contributed by atoms with Crippen molar-refractivity contribution in [1.82, 2.24) is 4.90 Å². The first kappa shape index (κ1) is 16.6. The van der Waals surface area contributed by atoms with Crippen molar-refractivity contribution in [1.29, 1.82) is 5.26 Å². The summed E-state index contributed by atoms with van der Waals surface area (Å²) in [5.41, 5.74) is 0.382. The fourth-order valence-electron chi connectivity index (χ4n) is 1.65. The maximum Gasteiger partial charge on any atom is 0.387 e. The number of carbonyl (C=O) groups is 1. The minimum atomic E-state index is -2.92. The summed E-state index contributed by atoms with van der Waals surface area (Å²) >= 11 is 0. The number of ether oxygens (including phenoxy) is 1. The number of rotatable bonds is 6. The molecule has 0 heterocycles. The Hall–Kier alpha value is -2.42. The van der Waals surface area contributed by atoms with Gasteiger partial charge < -0.3 is 9.64 Å². The van der Waals surface area contributed by atoms with Crippen LogP contribution in [0.15, 0.2) is 30.3 Å². The second kappa shape index (κ2) is 8.00.